The first-order chi connectivity index (χ1) is 9.09. The lowest BCUT2D eigenvalue weighted by molar-refractivity contribution is 0.174. The minimum absolute atomic E-state index is 0.424. The molecule has 1 unspecified atom stereocenters. The van der Waals surface area contributed by atoms with E-state index in [2.05, 4.69) is 10.5 Å². The Kier molecular flexibility index (Phi) is 4.58. The van der Waals surface area contributed by atoms with Gasteiger partial charge in [0, 0.05) is 29.2 Å². The van der Waals surface area contributed by atoms with Crippen molar-refractivity contribution in [3.63, 3.8) is 0 Å². The van der Waals surface area contributed by atoms with Gasteiger partial charge in [-0.25, -0.2) is 0 Å². The lowest BCUT2D eigenvalue weighted by Gasteiger charge is -2.13. The average molecular weight is 281 g/mol. The zero-order chi connectivity index (χ0) is 13.8. The van der Waals surface area contributed by atoms with Gasteiger partial charge in [0.25, 0.3) is 0 Å². The van der Waals surface area contributed by atoms with Crippen molar-refractivity contribution in [1.29, 1.82) is 0 Å². The fraction of sp³-hybridized carbons (Fsp3) is 0.357. The number of aliphatic hydroxyl groups is 1. The van der Waals surface area contributed by atoms with Gasteiger partial charge in [0.05, 0.1) is 11.8 Å². The van der Waals surface area contributed by atoms with Crippen LogP contribution in [-0.2, 0) is 6.54 Å². The lowest BCUT2D eigenvalue weighted by atomic mass is 10.1. The molecule has 2 N–H and O–H groups in total. The molecule has 0 saturated heterocycles. The molecule has 0 fully saturated rings. The molecule has 1 atom stereocenters. The predicted molar refractivity (Wildman–Crippen MR) is 74.1 cm³/mol. The Morgan fingerprint density at radius 3 is 2.74 bits per heavy atom. The van der Waals surface area contributed by atoms with Crippen LogP contribution in [0.25, 0.3) is 0 Å². The molecule has 19 heavy (non-hydrogen) atoms. The minimum atomic E-state index is -0.630. The summed E-state index contributed by atoms with van der Waals surface area (Å²) in [7, 11) is 0. The zero-order valence-corrected chi connectivity index (χ0v) is 11.7. The van der Waals surface area contributed by atoms with Gasteiger partial charge in [0.15, 0.2) is 0 Å². The number of nitrogens with zero attached hydrogens (tertiary/aromatic N) is 1. The second-order valence-corrected chi connectivity index (χ2v) is 4.88. The molecule has 1 aromatic carbocycles. The molecule has 0 radical (unpaired) electrons. The van der Waals surface area contributed by atoms with Crippen molar-refractivity contribution in [2.75, 3.05) is 6.54 Å². The highest BCUT2D eigenvalue weighted by Crippen LogP contribution is 2.22. The fourth-order valence-corrected chi connectivity index (χ4v) is 2.21. The van der Waals surface area contributed by atoms with Gasteiger partial charge in [0.1, 0.15) is 5.76 Å². The van der Waals surface area contributed by atoms with Crippen molar-refractivity contribution in [1.82, 2.24) is 10.5 Å². The van der Waals surface area contributed by atoms with E-state index in [9.17, 15) is 5.11 Å². The summed E-state index contributed by atoms with van der Waals surface area (Å²) in [5.74, 6) is 0.803. The quantitative estimate of drug-likeness (QED) is 0.884. The third-order valence-electron chi connectivity index (χ3n) is 3.08. The maximum absolute atomic E-state index is 10.1. The number of aliphatic hydroxyl groups excluding tert-OH is 1. The Morgan fingerprint density at radius 2 is 2.11 bits per heavy atom. The van der Waals surface area contributed by atoms with Gasteiger partial charge in [-0.05, 0) is 19.9 Å². The van der Waals surface area contributed by atoms with E-state index in [4.69, 9.17) is 16.1 Å². The van der Waals surface area contributed by atoms with E-state index in [0.29, 0.717) is 18.1 Å². The highest BCUT2D eigenvalue weighted by Gasteiger charge is 2.12. The topological polar surface area (TPSA) is 58.3 Å². The molecule has 0 spiro atoms. The molecule has 5 heteroatoms. The normalized spacial score (nSPS) is 12.6. The van der Waals surface area contributed by atoms with Crippen molar-refractivity contribution in [3.05, 3.63) is 51.9 Å². The molecule has 1 heterocycles. The van der Waals surface area contributed by atoms with Gasteiger partial charge >= 0.3 is 0 Å². The molecule has 1 aromatic heterocycles. The molecule has 0 bridgehead atoms. The molecule has 0 amide bonds. The van der Waals surface area contributed by atoms with Gasteiger partial charge in [-0.1, -0.05) is 35.0 Å². The van der Waals surface area contributed by atoms with E-state index in [-0.39, 0.29) is 0 Å². The maximum Gasteiger partial charge on any atom is 0.138 e. The van der Waals surface area contributed by atoms with Gasteiger partial charge in [0.2, 0.25) is 0 Å². The summed E-state index contributed by atoms with van der Waals surface area (Å²) in [4.78, 5) is 0. The number of aryl methyl sites for hydroxylation is 2. The molecule has 4 nitrogen and oxygen atoms in total. The molecular weight excluding hydrogens is 264 g/mol. The van der Waals surface area contributed by atoms with Crippen LogP contribution in [0.3, 0.4) is 0 Å². The molecule has 0 aliphatic rings. The molecule has 0 saturated carbocycles. The van der Waals surface area contributed by atoms with Crippen LogP contribution < -0.4 is 5.32 Å². The number of halogens is 1. The van der Waals surface area contributed by atoms with E-state index in [0.717, 1.165) is 22.6 Å². The van der Waals surface area contributed by atoms with E-state index in [1.165, 1.54) is 0 Å². The Bertz CT molecular complexity index is 535. The van der Waals surface area contributed by atoms with Gasteiger partial charge in [-0.3, -0.25) is 0 Å². The summed E-state index contributed by atoms with van der Waals surface area (Å²) in [5, 5.41) is 17.7. The van der Waals surface area contributed by atoms with Crippen molar-refractivity contribution >= 4 is 11.6 Å². The second-order valence-electron chi connectivity index (χ2n) is 4.47. The SMILES string of the molecule is Cc1noc(C)c1CNCC(O)c1ccccc1Cl. The van der Waals surface area contributed by atoms with E-state index < -0.39 is 6.10 Å². The van der Waals surface area contributed by atoms with Crippen LogP contribution in [0.4, 0.5) is 0 Å². The van der Waals surface area contributed by atoms with Crippen LogP contribution in [0.5, 0.6) is 0 Å². The van der Waals surface area contributed by atoms with Crippen LogP contribution in [-0.4, -0.2) is 16.8 Å². The van der Waals surface area contributed by atoms with Crippen LogP contribution in [0.1, 0.15) is 28.7 Å². The second kappa shape index (κ2) is 6.19. The number of aromatic nitrogens is 1. The van der Waals surface area contributed by atoms with Crippen LogP contribution in [0.2, 0.25) is 5.02 Å². The molecule has 2 rings (SSSR count). The van der Waals surface area contributed by atoms with E-state index >= 15 is 0 Å². The third kappa shape index (κ3) is 3.35. The van der Waals surface area contributed by atoms with Gasteiger partial charge in [-0.15, -0.1) is 0 Å². The van der Waals surface area contributed by atoms with Crippen LogP contribution in [0, 0.1) is 13.8 Å². The lowest BCUT2D eigenvalue weighted by Crippen LogP contribution is -2.21. The van der Waals surface area contributed by atoms with Gasteiger partial charge in [-0.2, -0.15) is 0 Å². The van der Waals surface area contributed by atoms with Crippen molar-refractivity contribution in [2.24, 2.45) is 0 Å². The monoisotopic (exact) mass is 280 g/mol. The van der Waals surface area contributed by atoms with E-state index in [1.54, 1.807) is 6.07 Å². The summed E-state index contributed by atoms with van der Waals surface area (Å²) >= 11 is 6.04. The summed E-state index contributed by atoms with van der Waals surface area (Å²) in [6.45, 7) is 4.82. The largest absolute Gasteiger partial charge is 0.387 e. The number of hydrogen-bond acceptors (Lipinski definition) is 4. The summed E-state index contributed by atoms with van der Waals surface area (Å²) in [6.07, 6.45) is -0.630. The Morgan fingerprint density at radius 1 is 1.37 bits per heavy atom. The molecule has 0 aliphatic carbocycles. The number of rotatable bonds is 5. The standard InChI is InChI=1S/C14H17ClN2O2/c1-9-12(10(2)19-17-9)7-16-8-14(18)11-5-3-4-6-13(11)15/h3-6,14,16,18H,7-8H2,1-2H3. The average Bonchev–Trinajstić information content (AvgIpc) is 2.70. The first kappa shape index (κ1) is 14.1. The van der Waals surface area contributed by atoms with Crippen molar-refractivity contribution in [2.45, 2.75) is 26.5 Å². The molecule has 0 aliphatic heterocycles. The first-order valence-corrected chi connectivity index (χ1v) is 6.52. The highest BCUT2D eigenvalue weighted by atomic mass is 35.5. The zero-order valence-electron chi connectivity index (χ0n) is 11.0. The number of benzene rings is 1. The van der Waals surface area contributed by atoms with Gasteiger partial charge < -0.3 is 14.9 Å². The molecular formula is C14H17ClN2O2. The van der Waals surface area contributed by atoms with Crippen molar-refractivity contribution < 1.29 is 9.63 Å². The fourth-order valence-electron chi connectivity index (χ4n) is 1.94. The predicted octanol–water partition coefficient (Wildman–Crippen LogP) is 2.77. The Hall–Kier alpha value is -1.36. The highest BCUT2D eigenvalue weighted by molar-refractivity contribution is 6.31. The molecule has 2 aromatic rings. The summed E-state index contributed by atoms with van der Waals surface area (Å²) < 4.78 is 5.08. The maximum atomic E-state index is 10.1. The van der Waals surface area contributed by atoms with E-state index in [1.807, 2.05) is 32.0 Å². The van der Waals surface area contributed by atoms with Crippen molar-refractivity contribution in [3.8, 4) is 0 Å². The Labute approximate surface area is 117 Å². The first-order valence-electron chi connectivity index (χ1n) is 6.14. The number of nitrogens with one attached hydrogen (secondary N) is 1. The van der Waals surface area contributed by atoms with Crippen LogP contribution in [0.15, 0.2) is 28.8 Å². The molecule has 102 valence electrons. The Balaban J connectivity index is 1.91. The van der Waals surface area contributed by atoms with Crippen LogP contribution >= 0.6 is 11.6 Å². The third-order valence-corrected chi connectivity index (χ3v) is 3.43. The summed E-state index contributed by atoms with van der Waals surface area (Å²) in [5.41, 5.74) is 2.64. The summed E-state index contributed by atoms with van der Waals surface area (Å²) in [6, 6.07) is 7.30. The number of hydrogen-bond donors (Lipinski definition) is 2. The smallest absolute Gasteiger partial charge is 0.138 e. The minimum Gasteiger partial charge on any atom is -0.387 e.